The second kappa shape index (κ2) is 5.13. The van der Waals surface area contributed by atoms with Gasteiger partial charge >= 0.3 is 10.1 Å². The van der Waals surface area contributed by atoms with E-state index >= 15 is 0 Å². The van der Waals surface area contributed by atoms with E-state index in [4.69, 9.17) is 9.02 Å². The molecule has 108 valence electrons. The van der Waals surface area contributed by atoms with Crippen LogP contribution in [0.15, 0.2) is 23.1 Å². The zero-order valence-corrected chi connectivity index (χ0v) is 11.5. The molecule has 1 aromatic carbocycles. The highest BCUT2D eigenvalue weighted by atomic mass is 32.2. The van der Waals surface area contributed by atoms with Crippen molar-refractivity contribution >= 4 is 21.7 Å². The van der Waals surface area contributed by atoms with Crippen LogP contribution < -0.4 is 5.32 Å². The lowest BCUT2D eigenvalue weighted by atomic mass is 10.2. The van der Waals surface area contributed by atoms with E-state index in [1.165, 1.54) is 17.2 Å². The number of nitrogens with one attached hydrogen (secondary N) is 1. The van der Waals surface area contributed by atoms with Crippen LogP contribution in [0.2, 0.25) is 0 Å². The maximum absolute atomic E-state index is 12.2. The highest BCUT2D eigenvalue weighted by Gasteiger charge is 2.25. The minimum Gasteiger partial charge on any atom is -0.379 e. The molecule has 2 heterocycles. The van der Waals surface area contributed by atoms with Gasteiger partial charge in [0.1, 0.15) is 0 Å². The zero-order chi connectivity index (χ0) is 14.2. The summed E-state index contributed by atoms with van der Waals surface area (Å²) in [6, 6.07) is 4.49. The molecule has 0 saturated carbocycles. The van der Waals surface area contributed by atoms with Crippen molar-refractivity contribution in [2.75, 3.05) is 31.6 Å². The Balaban J connectivity index is 1.81. The van der Waals surface area contributed by atoms with Gasteiger partial charge in [-0.15, -0.1) is 0 Å². The van der Waals surface area contributed by atoms with Gasteiger partial charge in [-0.3, -0.25) is 4.79 Å². The SMILES string of the molecule is O=C1Cc2cc(S(=O)(=O)ON3CCOCC3)ccc2N1. The van der Waals surface area contributed by atoms with E-state index in [1.807, 2.05) is 0 Å². The summed E-state index contributed by atoms with van der Waals surface area (Å²) >= 11 is 0. The average Bonchev–Trinajstić information content (AvgIpc) is 2.78. The zero-order valence-electron chi connectivity index (χ0n) is 10.7. The van der Waals surface area contributed by atoms with Gasteiger partial charge in [-0.05, 0) is 23.8 Å². The molecular formula is C12H14N2O5S. The van der Waals surface area contributed by atoms with E-state index in [-0.39, 0.29) is 17.2 Å². The largest absolute Gasteiger partial charge is 0.379 e. The Hall–Kier alpha value is -1.48. The second-order valence-corrected chi connectivity index (χ2v) is 6.14. The van der Waals surface area contributed by atoms with Crippen LogP contribution in [0, 0.1) is 0 Å². The summed E-state index contributed by atoms with van der Waals surface area (Å²) in [6.07, 6.45) is 0.191. The van der Waals surface area contributed by atoms with Crippen molar-refractivity contribution in [3.8, 4) is 0 Å². The van der Waals surface area contributed by atoms with Crippen LogP contribution in [0.3, 0.4) is 0 Å². The minimum atomic E-state index is -3.87. The first kappa shape index (κ1) is 13.5. The molecule has 1 aromatic rings. The van der Waals surface area contributed by atoms with Gasteiger partial charge in [0.15, 0.2) is 0 Å². The van der Waals surface area contributed by atoms with Gasteiger partial charge in [-0.2, -0.15) is 17.8 Å². The summed E-state index contributed by atoms with van der Waals surface area (Å²) in [5.74, 6) is -0.136. The lowest BCUT2D eigenvalue weighted by Crippen LogP contribution is -2.37. The van der Waals surface area contributed by atoms with Crippen molar-refractivity contribution in [1.82, 2.24) is 5.06 Å². The number of rotatable bonds is 3. The fourth-order valence-electron chi connectivity index (χ4n) is 2.16. The predicted molar refractivity (Wildman–Crippen MR) is 69.4 cm³/mol. The summed E-state index contributed by atoms with van der Waals surface area (Å²) < 4.78 is 34.5. The molecule has 0 spiro atoms. The maximum atomic E-state index is 12.2. The second-order valence-electron chi connectivity index (χ2n) is 4.61. The minimum absolute atomic E-state index is 0.0549. The Labute approximate surface area is 116 Å². The fraction of sp³-hybridized carbons (Fsp3) is 0.417. The van der Waals surface area contributed by atoms with Crippen molar-refractivity contribution in [1.29, 1.82) is 0 Å². The number of hydroxylamine groups is 2. The van der Waals surface area contributed by atoms with Gasteiger partial charge in [-0.25, -0.2) is 0 Å². The van der Waals surface area contributed by atoms with Crippen LogP contribution in [0.4, 0.5) is 5.69 Å². The number of carbonyl (C=O) groups excluding carboxylic acids is 1. The molecule has 7 nitrogen and oxygen atoms in total. The van der Waals surface area contributed by atoms with E-state index < -0.39 is 10.1 Å². The van der Waals surface area contributed by atoms with Crippen molar-refractivity contribution in [2.45, 2.75) is 11.3 Å². The standard InChI is InChI=1S/C12H14N2O5S/c15-12-8-9-7-10(1-2-11(9)13-12)20(16,17)19-14-3-5-18-6-4-14/h1-2,7H,3-6,8H2,(H,13,15). The summed E-state index contributed by atoms with van der Waals surface area (Å²) in [6.45, 7) is 1.70. The molecule has 2 aliphatic rings. The predicted octanol–water partition coefficient (Wildman–Crippen LogP) is 0.134. The summed E-state index contributed by atoms with van der Waals surface area (Å²) in [4.78, 5) is 11.3. The topological polar surface area (TPSA) is 84.9 Å². The Morgan fingerprint density at radius 2 is 2.00 bits per heavy atom. The van der Waals surface area contributed by atoms with Crippen LogP contribution in [0.1, 0.15) is 5.56 Å². The number of ether oxygens (including phenoxy) is 1. The molecule has 1 fully saturated rings. The van der Waals surface area contributed by atoms with Crippen LogP contribution in [-0.2, 0) is 30.4 Å². The molecule has 0 aromatic heterocycles. The van der Waals surface area contributed by atoms with E-state index in [1.54, 1.807) is 6.07 Å². The Kier molecular flexibility index (Phi) is 3.47. The number of anilines is 1. The number of hydrogen-bond acceptors (Lipinski definition) is 6. The van der Waals surface area contributed by atoms with Crippen molar-refractivity contribution in [3.63, 3.8) is 0 Å². The van der Waals surface area contributed by atoms with Crippen molar-refractivity contribution in [2.24, 2.45) is 0 Å². The number of morpholine rings is 1. The van der Waals surface area contributed by atoms with Gasteiger partial charge in [-0.1, -0.05) is 0 Å². The third kappa shape index (κ3) is 2.68. The Morgan fingerprint density at radius 1 is 1.25 bits per heavy atom. The number of fused-ring (bicyclic) bond motifs is 1. The Bertz CT molecular complexity index is 637. The normalized spacial score (nSPS) is 19.7. The number of nitrogens with zero attached hydrogens (tertiary/aromatic N) is 1. The molecule has 2 aliphatic heterocycles. The van der Waals surface area contributed by atoms with E-state index in [2.05, 4.69) is 5.32 Å². The quantitative estimate of drug-likeness (QED) is 0.854. The van der Waals surface area contributed by atoms with Crippen molar-refractivity contribution < 1.29 is 22.2 Å². The lowest BCUT2D eigenvalue weighted by Gasteiger charge is -2.24. The molecule has 0 aliphatic carbocycles. The molecule has 1 amide bonds. The molecular weight excluding hydrogens is 284 g/mol. The molecule has 8 heteroatoms. The van der Waals surface area contributed by atoms with E-state index in [0.717, 1.165) is 0 Å². The maximum Gasteiger partial charge on any atom is 0.313 e. The molecule has 1 N–H and O–H groups in total. The number of hydrogen-bond donors (Lipinski definition) is 1. The van der Waals surface area contributed by atoms with E-state index in [0.29, 0.717) is 37.6 Å². The highest BCUT2D eigenvalue weighted by molar-refractivity contribution is 7.86. The van der Waals surface area contributed by atoms with Gasteiger partial charge < -0.3 is 10.1 Å². The molecule has 0 bridgehead atoms. The van der Waals surface area contributed by atoms with Gasteiger partial charge in [0.05, 0.1) is 24.5 Å². The van der Waals surface area contributed by atoms with Crippen LogP contribution in [0.25, 0.3) is 0 Å². The third-order valence-corrected chi connectivity index (χ3v) is 4.40. The lowest BCUT2D eigenvalue weighted by molar-refractivity contribution is -0.115. The van der Waals surface area contributed by atoms with Crippen LogP contribution in [0.5, 0.6) is 0 Å². The number of carbonyl (C=O) groups is 1. The van der Waals surface area contributed by atoms with Crippen LogP contribution in [-0.4, -0.2) is 45.7 Å². The smallest absolute Gasteiger partial charge is 0.313 e. The van der Waals surface area contributed by atoms with Crippen molar-refractivity contribution in [3.05, 3.63) is 23.8 Å². The Morgan fingerprint density at radius 3 is 2.75 bits per heavy atom. The molecule has 3 rings (SSSR count). The average molecular weight is 298 g/mol. The highest BCUT2D eigenvalue weighted by Crippen LogP contribution is 2.26. The third-order valence-electron chi connectivity index (χ3n) is 3.16. The van der Waals surface area contributed by atoms with Gasteiger partial charge in [0.2, 0.25) is 5.91 Å². The van der Waals surface area contributed by atoms with Gasteiger partial charge in [0, 0.05) is 18.8 Å². The monoisotopic (exact) mass is 298 g/mol. The van der Waals surface area contributed by atoms with E-state index in [9.17, 15) is 13.2 Å². The summed E-state index contributed by atoms with van der Waals surface area (Å²) in [5, 5.41) is 4.03. The molecule has 0 atom stereocenters. The van der Waals surface area contributed by atoms with Gasteiger partial charge in [0.25, 0.3) is 0 Å². The first-order chi connectivity index (χ1) is 9.54. The molecule has 0 unspecified atom stereocenters. The van der Waals surface area contributed by atoms with Crippen LogP contribution >= 0.6 is 0 Å². The molecule has 1 saturated heterocycles. The molecule has 20 heavy (non-hydrogen) atoms. The fourth-order valence-corrected chi connectivity index (χ4v) is 3.20. The summed E-state index contributed by atoms with van der Waals surface area (Å²) in [7, 11) is -3.87. The number of amides is 1. The summed E-state index contributed by atoms with van der Waals surface area (Å²) in [5.41, 5.74) is 1.32. The number of benzene rings is 1. The molecule has 0 radical (unpaired) electrons. The first-order valence-electron chi connectivity index (χ1n) is 6.25. The first-order valence-corrected chi connectivity index (χ1v) is 7.65.